The van der Waals surface area contributed by atoms with Gasteiger partial charge in [-0.2, -0.15) is 0 Å². The number of ether oxygens (including phenoxy) is 1. The molecule has 1 rings (SSSR count). The summed E-state index contributed by atoms with van der Waals surface area (Å²) in [5.41, 5.74) is -0.313. The molecule has 7 nitrogen and oxygen atoms in total. The predicted octanol–water partition coefficient (Wildman–Crippen LogP) is 1.88. The van der Waals surface area contributed by atoms with Crippen molar-refractivity contribution in [2.75, 3.05) is 20.7 Å². The molecule has 0 aliphatic carbocycles. The Hall–Kier alpha value is -2.15. The second-order valence-electron chi connectivity index (χ2n) is 3.95. The van der Waals surface area contributed by atoms with Gasteiger partial charge in [-0.15, -0.1) is 0 Å². The lowest BCUT2D eigenvalue weighted by Gasteiger charge is -2.17. The maximum absolute atomic E-state index is 12.1. The molecule has 8 heteroatoms. The Morgan fingerprint density at radius 2 is 2.10 bits per heavy atom. The average molecular weight is 301 g/mol. The molecule has 0 spiro atoms. The van der Waals surface area contributed by atoms with E-state index in [1.54, 1.807) is 0 Å². The molecule has 0 fully saturated rings. The third kappa shape index (κ3) is 3.67. The summed E-state index contributed by atoms with van der Waals surface area (Å²) in [5, 5.41) is 10.5. The van der Waals surface area contributed by atoms with Crippen molar-refractivity contribution in [3.8, 4) is 0 Å². The van der Waals surface area contributed by atoms with Gasteiger partial charge in [0.05, 0.1) is 24.0 Å². The van der Waals surface area contributed by atoms with Crippen LogP contribution < -0.4 is 0 Å². The van der Waals surface area contributed by atoms with Crippen molar-refractivity contribution < 1.29 is 19.2 Å². The molecule has 0 radical (unpaired) electrons. The van der Waals surface area contributed by atoms with Crippen LogP contribution in [0.5, 0.6) is 0 Å². The number of carbonyl (C=O) groups excluding carboxylic acids is 2. The van der Waals surface area contributed by atoms with E-state index in [4.69, 9.17) is 11.6 Å². The molecular weight excluding hydrogens is 288 g/mol. The van der Waals surface area contributed by atoms with E-state index < -0.39 is 16.8 Å². The average Bonchev–Trinajstić information content (AvgIpc) is 2.43. The highest BCUT2D eigenvalue weighted by molar-refractivity contribution is 6.35. The first kappa shape index (κ1) is 15.9. The number of methoxy groups -OCH3 is 1. The normalized spacial score (nSPS) is 9.95. The van der Waals surface area contributed by atoms with Crippen LogP contribution in [-0.2, 0) is 9.53 Å². The molecule has 1 aromatic rings. The van der Waals surface area contributed by atoms with Crippen molar-refractivity contribution in [1.29, 1.82) is 0 Å². The van der Waals surface area contributed by atoms with Gasteiger partial charge in [0.2, 0.25) is 0 Å². The van der Waals surface area contributed by atoms with Crippen molar-refractivity contribution in [3.05, 3.63) is 38.9 Å². The van der Waals surface area contributed by atoms with Crippen LogP contribution in [0.4, 0.5) is 5.69 Å². The first-order valence-electron chi connectivity index (χ1n) is 5.63. The molecule has 0 aromatic heterocycles. The van der Waals surface area contributed by atoms with E-state index in [0.717, 1.165) is 0 Å². The maximum atomic E-state index is 12.1. The van der Waals surface area contributed by atoms with E-state index in [-0.39, 0.29) is 29.2 Å². The summed E-state index contributed by atoms with van der Waals surface area (Å²) < 4.78 is 4.47. The second kappa shape index (κ2) is 6.85. The van der Waals surface area contributed by atoms with Gasteiger partial charge in [0, 0.05) is 19.7 Å². The third-order valence-corrected chi connectivity index (χ3v) is 3.03. The third-order valence-electron chi connectivity index (χ3n) is 2.63. The number of halogens is 1. The summed E-state index contributed by atoms with van der Waals surface area (Å²) in [6, 6.07) is 3.99. The first-order chi connectivity index (χ1) is 9.38. The van der Waals surface area contributed by atoms with Crippen LogP contribution >= 0.6 is 11.6 Å². The minimum absolute atomic E-state index is 0.0215. The molecule has 0 aliphatic rings. The molecular formula is C12H13ClN2O5. The van der Waals surface area contributed by atoms with Crippen LogP contribution in [0.2, 0.25) is 5.02 Å². The van der Waals surface area contributed by atoms with E-state index in [9.17, 15) is 19.7 Å². The number of rotatable bonds is 5. The van der Waals surface area contributed by atoms with E-state index >= 15 is 0 Å². The van der Waals surface area contributed by atoms with Crippen LogP contribution in [-0.4, -0.2) is 42.4 Å². The van der Waals surface area contributed by atoms with Crippen LogP contribution in [0, 0.1) is 10.1 Å². The zero-order chi connectivity index (χ0) is 15.3. The van der Waals surface area contributed by atoms with Crippen molar-refractivity contribution in [2.24, 2.45) is 0 Å². The van der Waals surface area contributed by atoms with Crippen molar-refractivity contribution in [3.63, 3.8) is 0 Å². The molecule has 1 aromatic carbocycles. The van der Waals surface area contributed by atoms with Gasteiger partial charge < -0.3 is 9.64 Å². The van der Waals surface area contributed by atoms with Gasteiger partial charge >= 0.3 is 5.97 Å². The molecule has 0 unspecified atom stereocenters. The number of nitrogens with zero attached hydrogens (tertiary/aromatic N) is 2. The standard InChI is InChI=1S/C12H13ClN2O5/c1-14(7-6-10(16)20-2)12(17)8-4-3-5-9(11(8)13)15(18)19/h3-5H,6-7H2,1-2H3. The number of nitro groups is 1. The SMILES string of the molecule is COC(=O)CCN(C)C(=O)c1cccc([N+](=O)[O-])c1Cl. The van der Waals surface area contributed by atoms with E-state index in [0.29, 0.717) is 0 Å². The van der Waals surface area contributed by atoms with E-state index in [1.165, 1.54) is 37.3 Å². The first-order valence-corrected chi connectivity index (χ1v) is 6.01. The van der Waals surface area contributed by atoms with Crippen LogP contribution in [0.3, 0.4) is 0 Å². The predicted molar refractivity (Wildman–Crippen MR) is 71.7 cm³/mol. The Labute approximate surface area is 120 Å². The van der Waals surface area contributed by atoms with Gasteiger partial charge in [-0.3, -0.25) is 19.7 Å². The Balaban J connectivity index is 2.89. The highest BCUT2D eigenvalue weighted by Gasteiger charge is 2.22. The second-order valence-corrected chi connectivity index (χ2v) is 4.33. The molecule has 20 heavy (non-hydrogen) atoms. The quantitative estimate of drug-likeness (QED) is 0.470. The highest BCUT2D eigenvalue weighted by Crippen LogP contribution is 2.28. The van der Waals surface area contributed by atoms with Gasteiger partial charge in [-0.05, 0) is 6.07 Å². The zero-order valence-corrected chi connectivity index (χ0v) is 11.7. The lowest BCUT2D eigenvalue weighted by molar-refractivity contribution is -0.384. The lowest BCUT2D eigenvalue weighted by atomic mass is 10.1. The summed E-state index contributed by atoms with van der Waals surface area (Å²) in [5.74, 6) is -0.947. The molecule has 0 bridgehead atoms. The Kier molecular flexibility index (Phi) is 5.45. The van der Waals surface area contributed by atoms with Gasteiger partial charge in [0.25, 0.3) is 11.6 Å². The smallest absolute Gasteiger partial charge is 0.307 e. The summed E-state index contributed by atoms with van der Waals surface area (Å²) in [6.07, 6.45) is 0.0330. The van der Waals surface area contributed by atoms with E-state index in [2.05, 4.69) is 4.74 Å². The fourth-order valence-corrected chi connectivity index (χ4v) is 1.77. The lowest BCUT2D eigenvalue weighted by Crippen LogP contribution is -2.29. The molecule has 0 heterocycles. The van der Waals surface area contributed by atoms with Crippen molar-refractivity contribution >= 4 is 29.2 Å². The molecule has 108 valence electrons. The van der Waals surface area contributed by atoms with Crippen LogP contribution in [0.15, 0.2) is 18.2 Å². The molecule has 1 amide bonds. The van der Waals surface area contributed by atoms with Gasteiger partial charge in [0.15, 0.2) is 0 Å². The van der Waals surface area contributed by atoms with Gasteiger partial charge in [-0.1, -0.05) is 17.7 Å². The maximum Gasteiger partial charge on any atom is 0.307 e. The number of amides is 1. The Bertz CT molecular complexity index is 547. The number of benzene rings is 1. The zero-order valence-electron chi connectivity index (χ0n) is 11.0. The summed E-state index contributed by atoms with van der Waals surface area (Å²) in [4.78, 5) is 34.5. The molecule has 0 N–H and O–H groups in total. The number of nitro benzene ring substituents is 1. The van der Waals surface area contributed by atoms with Crippen molar-refractivity contribution in [2.45, 2.75) is 6.42 Å². The fraction of sp³-hybridized carbons (Fsp3) is 0.333. The summed E-state index contributed by atoms with van der Waals surface area (Å²) in [7, 11) is 2.72. The largest absolute Gasteiger partial charge is 0.469 e. The van der Waals surface area contributed by atoms with Crippen molar-refractivity contribution in [1.82, 2.24) is 4.90 Å². The number of hydrogen-bond acceptors (Lipinski definition) is 5. The Morgan fingerprint density at radius 1 is 1.45 bits per heavy atom. The fourth-order valence-electron chi connectivity index (χ4n) is 1.49. The highest BCUT2D eigenvalue weighted by atomic mass is 35.5. The molecule has 0 atom stereocenters. The topological polar surface area (TPSA) is 89.8 Å². The molecule has 0 aliphatic heterocycles. The molecule has 0 saturated heterocycles. The number of carbonyl (C=O) groups is 2. The number of esters is 1. The van der Waals surface area contributed by atoms with E-state index in [1.807, 2.05) is 0 Å². The molecule has 0 saturated carbocycles. The van der Waals surface area contributed by atoms with Crippen LogP contribution in [0.1, 0.15) is 16.8 Å². The monoisotopic (exact) mass is 300 g/mol. The van der Waals surface area contributed by atoms with Gasteiger partial charge in [-0.25, -0.2) is 0 Å². The summed E-state index contributed by atoms with van der Waals surface area (Å²) in [6.45, 7) is 0.129. The van der Waals surface area contributed by atoms with Crippen LogP contribution in [0.25, 0.3) is 0 Å². The number of hydrogen-bond donors (Lipinski definition) is 0. The summed E-state index contributed by atoms with van der Waals surface area (Å²) >= 11 is 5.85. The minimum atomic E-state index is -0.659. The van der Waals surface area contributed by atoms with Gasteiger partial charge in [0.1, 0.15) is 5.02 Å². The minimum Gasteiger partial charge on any atom is -0.469 e. The Morgan fingerprint density at radius 3 is 2.65 bits per heavy atom.